The van der Waals surface area contributed by atoms with Gasteiger partial charge in [-0.25, -0.2) is 4.39 Å². The SMILES string of the molecule is COc1cccc(F)c1CNc1cccc(-c2c(C)cnc3c(C(F)(F)F)cccc23)c1. The van der Waals surface area contributed by atoms with Crippen LogP contribution in [0.1, 0.15) is 16.7 Å². The first-order chi connectivity index (χ1) is 15.3. The predicted molar refractivity (Wildman–Crippen MR) is 117 cm³/mol. The van der Waals surface area contributed by atoms with Crippen LogP contribution < -0.4 is 10.1 Å². The molecule has 7 heteroatoms. The molecule has 164 valence electrons. The second-order valence-electron chi connectivity index (χ2n) is 7.37. The minimum absolute atomic E-state index is 0.0879. The Labute approximate surface area is 182 Å². The summed E-state index contributed by atoms with van der Waals surface area (Å²) in [4.78, 5) is 4.07. The lowest BCUT2D eigenvalue weighted by Gasteiger charge is -2.16. The van der Waals surface area contributed by atoms with Crippen molar-refractivity contribution in [3.63, 3.8) is 0 Å². The molecule has 1 heterocycles. The Hall–Kier alpha value is -3.61. The van der Waals surface area contributed by atoms with E-state index in [1.165, 1.54) is 25.4 Å². The molecule has 1 aromatic heterocycles. The van der Waals surface area contributed by atoms with Gasteiger partial charge in [0.1, 0.15) is 11.6 Å². The third-order valence-electron chi connectivity index (χ3n) is 5.31. The number of ether oxygens (including phenoxy) is 1. The van der Waals surface area contributed by atoms with E-state index >= 15 is 0 Å². The second kappa shape index (κ2) is 8.49. The quantitative estimate of drug-likeness (QED) is 0.340. The fraction of sp³-hybridized carbons (Fsp3) is 0.160. The fourth-order valence-corrected chi connectivity index (χ4v) is 3.81. The monoisotopic (exact) mass is 440 g/mol. The van der Waals surface area contributed by atoms with Crippen molar-refractivity contribution >= 4 is 16.6 Å². The van der Waals surface area contributed by atoms with E-state index < -0.39 is 11.7 Å². The minimum atomic E-state index is -4.50. The average molecular weight is 440 g/mol. The largest absolute Gasteiger partial charge is 0.496 e. The number of hydrogen-bond acceptors (Lipinski definition) is 3. The number of para-hydroxylation sites is 1. The van der Waals surface area contributed by atoms with Gasteiger partial charge < -0.3 is 10.1 Å². The van der Waals surface area contributed by atoms with Crippen LogP contribution in [-0.2, 0) is 12.7 Å². The molecule has 0 saturated heterocycles. The summed E-state index contributed by atoms with van der Waals surface area (Å²) in [6.07, 6.45) is -3.04. The van der Waals surface area contributed by atoms with Gasteiger partial charge in [-0.2, -0.15) is 13.2 Å². The molecule has 3 nitrogen and oxygen atoms in total. The molecule has 0 aliphatic heterocycles. The third kappa shape index (κ3) is 4.10. The summed E-state index contributed by atoms with van der Waals surface area (Å²) in [7, 11) is 1.48. The van der Waals surface area contributed by atoms with Crippen LogP contribution in [0, 0.1) is 12.7 Å². The van der Waals surface area contributed by atoms with E-state index in [4.69, 9.17) is 4.74 Å². The zero-order valence-corrected chi connectivity index (χ0v) is 17.4. The van der Waals surface area contributed by atoms with Crippen LogP contribution >= 0.6 is 0 Å². The molecule has 0 radical (unpaired) electrons. The van der Waals surface area contributed by atoms with Gasteiger partial charge >= 0.3 is 6.18 Å². The van der Waals surface area contributed by atoms with Crippen molar-refractivity contribution in [2.24, 2.45) is 0 Å². The molecule has 0 aliphatic rings. The Morgan fingerprint density at radius 2 is 1.75 bits per heavy atom. The summed E-state index contributed by atoms with van der Waals surface area (Å²) >= 11 is 0. The van der Waals surface area contributed by atoms with E-state index in [2.05, 4.69) is 10.3 Å². The Morgan fingerprint density at radius 1 is 1.00 bits per heavy atom. The number of anilines is 1. The topological polar surface area (TPSA) is 34.1 Å². The molecule has 0 spiro atoms. The lowest BCUT2D eigenvalue weighted by atomic mass is 9.95. The maximum atomic E-state index is 14.2. The molecule has 32 heavy (non-hydrogen) atoms. The third-order valence-corrected chi connectivity index (χ3v) is 5.31. The number of pyridine rings is 1. The highest BCUT2D eigenvalue weighted by Crippen LogP contribution is 2.38. The van der Waals surface area contributed by atoms with Gasteiger partial charge in [0.15, 0.2) is 0 Å². The van der Waals surface area contributed by atoms with Gasteiger partial charge in [-0.1, -0.05) is 30.3 Å². The number of fused-ring (bicyclic) bond motifs is 1. The normalized spacial score (nSPS) is 11.6. The first-order valence-corrected chi connectivity index (χ1v) is 9.91. The molecular weight excluding hydrogens is 420 g/mol. The van der Waals surface area contributed by atoms with Gasteiger partial charge in [0, 0.05) is 29.4 Å². The van der Waals surface area contributed by atoms with Crippen molar-refractivity contribution in [3.8, 4) is 16.9 Å². The van der Waals surface area contributed by atoms with Crippen LogP contribution in [0.25, 0.3) is 22.0 Å². The van der Waals surface area contributed by atoms with Gasteiger partial charge in [0.2, 0.25) is 0 Å². The highest BCUT2D eigenvalue weighted by molar-refractivity contribution is 5.98. The second-order valence-corrected chi connectivity index (χ2v) is 7.37. The van der Waals surface area contributed by atoms with Crippen LogP contribution in [0.5, 0.6) is 5.75 Å². The molecule has 0 saturated carbocycles. The Balaban J connectivity index is 1.74. The number of nitrogens with zero attached hydrogens (tertiary/aromatic N) is 1. The van der Waals surface area contributed by atoms with E-state index in [9.17, 15) is 17.6 Å². The van der Waals surface area contributed by atoms with Crippen LogP contribution in [0.4, 0.5) is 23.2 Å². The summed E-state index contributed by atoms with van der Waals surface area (Å²) < 4.78 is 59.9. The lowest BCUT2D eigenvalue weighted by Crippen LogP contribution is -2.07. The van der Waals surface area contributed by atoms with Gasteiger partial charge in [0.05, 0.1) is 18.2 Å². The van der Waals surface area contributed by atoms with Crippen LogP contribution in [0.3, 0.4) is 0 Å². The van der Waals surface area contributed by atoms with Gasteiger partial charge in [0.25, 0.3) is 0 Å². The maximum absolute atomic E-state index is 14.2. The molecular formula is C25H20F4N2O. The van der Waals surface area contributed by atoms with Gasteiger partial charge in [-0.3, -0.25) is 4.98 Å². The highest BCUT2D eigenvalue weighted by Gasteiger charge is 2.33. The molecule has 0 unspecified atom stereocenters. The first kappa shape index (κ1) is 21.6. The number of benzene rings is 3. The molecule has 0 aliphatic carbocycles. The van der Waals surface area contributed by atoms with E-state index in [-0.39, 0.29) is 17.9 Å². The lowest BCUT2D eigenvalue weighted by molar-refractivity contribution is -0.136. The van der Waals surface area contributed by atoms with Crippen molar-refractivity contribution < 1.29 is 22.3 Å². The molecule has 1 N–H and O–H groups in total. The van der Waals surface area contributed by atoms with Gasteiger partial charge in [-0.05, 0) is 53.9 Å². The molecule has 0 amide bonds. The highest BCUT2D eigenvalue weighted by atomic mass is 19.4. The molecule has 4 aromatic rings. The number of rotatable bonds is 5. The van der Waals surface area contributed by atoms with Crippen molar-refractivity contribution in [3.05, 3.63) is 89.4 Å². The summed E-state index contributed by atoms with van der Waals surface area (Å²) in [6, 6.07) is 16.0. The van der Waals surface area contributed by atoms with Crippen molar-refractivity contribution in [1.29, 1.82) is 0 Å². The number of halogens is 4. The van der Waals surface area contributed by atoms with Crippen molar-refractivity contribution in [1.82, 2.24) is 4.98 Å². The van der Waals surface area contributed by atoms with Crippen LogP contribution in [0.2, 0.25) is 0 Å². The zero-order chi connectivity index (χ0) is 22.9. The summed E-state index contributed by atoms with van der Waals surface area (Å²) in [5, 5.41) is 3.60. The maximum Gasteiger partial charge on any atom is 0.418 e. The van der Waals surface area contributed by atoms with Crippen molar-refractivity contribution in [2.45, 2.75) is 19.6 Å². The molecule has 0 atom stereocenters. The number of methoxy groups -OCH3 is 1. The van der Waals surface area contributed by atoms with E-state index in [0.717, 1.165) is 17.2 Å². The molecule has 0 fully saturated rings. The smallest absolute Gasteiger partial charge is 0.418 e. The number of hydrogen-bond donors (Lipinski definition) is 1. The van der Waals surface area contributed by atoms with E-state index in [0.29, 0.717) is 28.0 Å². The summed E-state index contributed by atoms with van der Waals surface area (Å²) in [5.74, 6) is 0.0490. The van der Waals surface area contributed by atoms with Crippen molar-refractivity contribution in [2.75, 3.05) is 12.4 Å². The van der Waals surface area contributed by atoms with Gasteiger partial charge in [-0.15, -0.1) is 0 Å². The fourth-order valence-electron chi connectivity index (χ4n) is 3.81. The summed E-state index contributed by atoms with van der Waals surface area (Å²) in [6.45, 7) is 2.00. The Bertz CT molecular complexity index is 1280. The number of alkyl halides is 3. The Morgan fingerprint density at radius 3 is 2.50 bits per heavy atom. The molecule has 4 rings (SSSR count). The average Bonchev–Trinajstić information content (AvgIpc) is 2.77. The number of nitrogens with one attached hydrogen (secondary N) is 1. The number of aromatic nitrogens is 1. The zero-order valence-electron chi connectivity index (χ0n) is 17.4. The van der Waals surface area contributed by atoms with Crippen LogP contribution in [0.15, 0.2) is 66.9 Å². The van der Waals surface area contributed by atoms with E-state index in [1.54, 1.807) is 24.3 Å². The molecule has 0 bridgehead atoms. The molecule has 3 aromatic carbocycles. The van der Waals surface area contributed by atoms with E-state index in [1.807, 2.05) is 25.1 Å². The number of aryl methyl sites for hydroxylation is 1. The predicted octanol–water partition coefficient (Wildman–Crippen LogP) is 6.99. The first-order valence-electron chi connectivity index (χ1n) is 9.91. The standard InChI is InChI=1S/C25H20F4N2O/c1-15-13-31-24-18(8-4-9-20(24)25(27,28)29)23(15)16-6-3-7-17(12-16)30-14-19-21(26)10-5-11-22(19)32-2/h3-13,30H,14H2,1-2H3. The minimum Gasteiger partial charge on any atom is -0.496 e. The van der Waals surface area contributed by atoms with Crippen LogP contribution in [-0.4, -0.2) is 12.1 Å². The Kier molecular flexibility index (Phi) is 5.74. The summed E-state index contributed by atoms with van der Waals surface area (Å²) in [5.41, 5.74) is 2.40.